The van der Waals surface area contributed by atoms with E-state index in [1.807, 2.05) is 0 Å². The van der Waals surface area contributed by atoms with Crippen molar-refractivity contribution in [2.45, 2.75) is 58.8 Å². The summed E-state index contributed by atoms with van der Waals surface area (Å²) < 4.78 is 0. The smallest absolute Gasteiger partial charge is 0.157 e. The van der Waals surface area contributed by atoms with Crippen LogP contribution < -0.4 is 5.32 Å². The van der Waals surface area contributed by atoms with E-state index in [1.165, 1.54) is 25.7 Å². The first-order valence-corrected chi connectivity index (χ1v) is 7.20. The van der Waals surface area contributed by atoms with Crippen LogP contribution in [-0.4, -0.2) is 12.3 Å². The van der Waals surface area contributed by atoms with E-state index in [1.54, 1.807) is 11.6 Å². The van der Waals surface area contributed by atoms with Crippen molar-refractivity contribution in [3.8, 4) is 0 Å². The van der Waals surface area contributed by atoms with Gasteiger partial charge in [-0.25, -0.2) is 0 Å². The van der Waals surface area contributed by atoms with Gasteiger partial charge in [0.15, 0.2) is 5.78 Å². The highest BCUT2D eigenvalue weighted by Crippen LogP contribution is 2.32. The largest absolute Gasteiger partial charge is 0.388 e. The third-order valence-corrected chi connectivity index (χ3v) is 3.84. The molecule has 2 nitrogen and oxygen atoms in total. The summed E-state index contributed by atoms with van der Waals surface area (Å²) in [5, 5.41) is 3.45. The molecule has 1 N–H and O–H groups in total. The van der Waals surface area contributed by atoms with Crippen molar-refractivity contribution in [2.24, 2.45) is 5.41 Å². The van der Waals surface area contributed by atoms with Crippen molar-refractivity contribution in [2.75, 3.05) is 6.54 Å². The van der Waals surface area contributed by atoms with Gasteiger partial charge in [0.05, 0.1) is 0 Å². The highest BCUT2D eigenvalue weighted by Gasteiger charge is 2.27. The number of ketones is 1. The van der Waals surface area contributed by atoms with Crippen LogP contribution in [0.1, 0.15) is 58.8 Å². The van der Waals surface area contributed by atoms with Crippen LogP contribution in [0.15, 0.2) is 23.4 Å². The molecule has 0 radical (unpaired) electrons. The summed E-state index contributed by atoms with van der Waals surface area (Å²) >= 11 is 0. The van der Waals surface area contributed by atoms with E-state index >= 15 is 0 Å². The van der Waals surface area contributed by atoms with Crippen LogP contribution in [0.3, 0.4) is 0 Å². The molecule has 0 aliphatic heterocycles. The lowest BCUT2D eigenvalue weighted by atomic mass is 9.79. The Bertz CT molecular complexity index is 377. The lowest BCUT2D eigenvalue weighted by Gasteiger charge is -2.29. The molecule has 2 aliphatic rings. The third kappa shape index (κ3) is 4.01. The second kappa shape index (κ2) is 5.73. The van der Waals surface area contributed by atoms with Gasteiger partial charge in [-0.2, -0.15) is 0 Å². The Balaban J connectivity index is 1.79. The first-order valence-electron chi connectivity index (χ1n) is 7.20. The van der Waals surface area contributed by atoms with E-state index in [0.29, 0.717) is 6.42 Å². The topological polar surface area (TPSA) is 29.1 Å². The number of carbonyl (C=O) groups is 1. The molecule has 0 fully saturated rings. The summed E-state index contributed by atoms with van der Waals surface area (Å²) in [6.07, 6.45) is 12.2. The number of nitrogens with one attached hydrogen (secondary N) is 1. The molecule has 2 aliphatic carbocycles. The predicted octanol–water partition coefficient (Wildman–Crippen LogP) is 3.74. The van der Waals surface area contributed by atoms with Crippen LogP contribution in [-0.2, 0) is 4.79 Å². The molecule has 0 heterocycles. The molecule has 18 heavy (non-hydrogen) atoms. The van der Waals surface area contributed by atoms with Gasteiger partial charge in [-0.1, -0.05) is 25.5 Å². The highest BCUT2D eigenvalue weighted by atomic mass is 16.1. The molecular weight excluding hydrogens is 222 g/mol. The number of rotatable bonds is 4. The molecule has 2 rings (SSSR count). The molecule has 0 atom stereocenters. The summed E-state index contributed by atoms with van der Waals surface area (Å²) in [4.78, 5) is 11.6. The van der Waals surface area contributed by atoms with Crippen molar-refractivity contribution in [3.63, 3.8) is 0 Å². The molecule has 0 saturated carbocycles. The van der Waals surface area contributed by atoms with Gasteiger partial charge in [-0.3, -0.25) is 4.79 Å². The molecule has 0 unspecified atom stereocenters. The molecule has 0 amide bonds. The van der Waals surface area contributed by atoms with Crippen molar-refractivity contribution >= 4 is 5.78 Å². The predicted molar refractivity (Wildman–Crippen MR) is 75.3 cm³/mol. The fourth-order valence-electron chi connectivity index (χ4n) is 2.97. The number of allylic oxidation sites excluding steroid dienone is 3. The highest BCUT2D eigenvalue weighted by molar-refractivity contribution is 5.91. The van der Waals surface area contributed by atoms with E-state index in [0.717, 1.165) is 25.1 Å². The zero-order valence-electron chi connectivity index (χ0n) is 11.7. The summed E-state index contributed by atoms with van der Waals surface area (Å²) in [7, 11) is 0. The number of hydrogen-bond acceptors (Lipinski definition) is 2. The summed E-state index contributed by atoms with van der Waals surface area (Å²) in [6.45, 7) is 5.31. The fourth-order valence-corrected chi connectivity index (χ4v) is 2.97. The molecule has 2 heteroatoms. The SMILES string of the molecule is CC1(C)CC(=O)C=C(NCCC2=CCCCC2)C1. The zero-order chi connectivity index (χ0) is 13.0. The molecule has 0 spiro atoms. The van der Waals surface area contributed by atoms with E-state index in [-0.39, 0.29) is 11.2 Å². The Kier molecular flexibility index (Phi) is 4.26. The first kappa shape index (κ1) is 13.4. The Morgan fingerprint density at radius 2 is 2.11 bits per heavy atom. The van der Waals surface area contributed by atoms with Crippen LogP contribution in [0, 0.1) is 5.41 Å². The van der Waals surface area contributed by atoms with Crippen LogP contribution in [0.4, 0.5) is 0 Å². The monoisotopic (exact) mass is 247 g/mol. The van der Waals surface area contributed by atoms with Gasteiger partial charge in [0.25, 0.3) is 0 Å². The molecule has 0 saturated heterocycles. The summed E-state index contributed by atoms with van der Waals surface area (Å²) in [5.41, 5.74) is 2.85. The second-order valence-corrected chi connectivity index (χ2v) is 6.44. The van der Waals surface area contributed by atoms with E-state index < -0.39 is 0 Å². The average Bonchev–Trinajstić information content (AvgIpc) is 2.27. The maximum atomic E-state index is 11.6. The van der Waals surface area contributed by atoms with Crippen LogP contribution in [0.5, 0.6) is 0 Å². The van der Waals surface area contributed by atoms with Crippen LogP contribution in [0.2, 0.25) is 0 Å². The maximum absolute atomic E-state index is 11.6. The number of carbonyl (C=O) groups excluding carboxylic acids is 1. The Hall–Kier alpha value is -1.05. The van der Waals surface area contributed by atoms with Gasteiger partial charge in [0, 0.05) is 24.7 Å². The molecular formula is C16H25NO. The van der Waals surface area contributed by atoms with Crippen molar-refractivity contribution < 1.29 is 4.79 Å². The third-order valence-electron chi connectivity index (χ3n) is 3.84. The van der Waals surface area contributed by atoms with Gasteiger partial charge in [0.1, 0.15) is 0 Å². The fraction of sp³-hybridized carbons (Fsp3) is 0.688. The minimum Gasteiger partial charge on any atom is -0.388 e. The summed E-state index contributed by atoms with van der Waals surface area (Å²) in [5.74, 6) is 0.269. The minimum atomic E-state index is 0.123. The molecule has 100 valence electrons. The summed E-state index contributed by atoms with van der Waals surface area (Å²) in [6, 6.07) is 0. The van der Waals surface area contributed by atoms with Crippen molar-refractivity contribution in [3.05, 3.63) is 23.4 Å². The minimum absolute atomic E-state index is 0.123. The van der Waals surface area contributed by atoms with Gasteiger partial charge >= 0.3 is 0 Å². The normalized spacial score (nSPS) is 23.3. The average molecular weight is 247 g/mol. The van der Waals surface area contributed by atoms with Crippen molar-refractivity contribution in [1.29, 1.82) is 0 Å². The Morgan fingerprint density at radius 3 is 2.78 bits per heavy atom. The first-order chi connectivity index (χ1) is 8.55. The Labute approximate surface area is 111 Å². The van der Waals surface area contributed by atoms with Crippen LogP contribution in [0.25, 0.3) is 0 Å². The molecule has 0 aromatic rings. The lowest BCUT2D eigenvalue weighted by molar-refractivity contribution is -0.117. The molecule has 0 bridgehead atoms. The van der Waals surface area contributed by atoms with Gasteiger partial charge < -0.3 is 5.32 Å². The van der Waals surface area contributed by atoms with Crippen molar-refractivity contribution in [1.82, 2.24) is 5.32 Å². The van der Waals surface area contributed by atoms with Gasteiger partial charge in [-0.15, -0.1) is 0 Å². The Morgan fingerprint density at radius 1 is 1.28 bits per heavy atom. The lowest BCUT2D eigenvalue weighted by Crippen LogP contribution is -2.28. The van der Waals surface area contributed by atoms with Gasteiger partial charge in [0.2, 0.25) is 0 Å². The standard InChI is InChI=1S/C16H25NO/c1-16(2)11-14(10-15(18)12-16)17-9-8-13-6-4-3-5-7-13/h6,10,17H,3-5,7-9,11-12H2,1-2H3. The van der Waals surface area contributed by atoms with E-state index in [9.17, 15) is 4.79 Å². The van der Waals surface area contributed by atoms with E-state index in [2.05, 4.69) is 25.2 Å². The molecule has 0 aromatic heterocycles. The molecule has 0 aromatic carbocycles. The van der Waals surface area contributed by atoms with E-state index in [4.69, 9.17) is 0 Å². The second-order valence-electron chi connectivity index (χ2n) is 6.44. The number of hydrogen-bond donors (Lipinski definition) is 1. The quantitative estimate of drug-likeness (QED) is 0.767. The maximum Gasteiger partial charge on any atom is 0.157 e. The zero-order valence-corrected chi connectivity index (χ0v) is 11.7. The van der Waals surface area contributed by atoms with Crippen LogP contribution >= 0.6 is 0 Å². The van der Waals surface area contributed by atoms with Gasteiger partial charge in [-0.05, 0) is 43.9 Å².